The summed E-state index contributed by atoms with van der Waals surface area (Å²) in [4.78, 5) is 0. The minimum absolute atomic E-state index is 0.187. The molecule has 19 heavy (non-hydrogen) atoms. The van der Waals surface area contributed by atoms with Gasteiger partial charge in [-0.3, -0.25) is 0 Å². The molecule has 4 rings (SSSR count). The molecule has 1 aromatic rings. The first-order valence-electron chi connectivity index (χ1n) is 7.00. The number of rotatable bonds is 0. The summed E-state index contributed by atoms with van der Waals surface area (Å²) in [7, 11) is 0. The van der Waals surface area contributed by atoms with Gasteiger partial charge in [0, 0.05) is 24.5 Å². The van der Waals surface area contributed by atoms with Crippen LogP contribution in [0.15, 0.2) is 48.6 Å². The molecule has 1 nitrogen and oxygen atoms in total. The number of hydrogen-bond donors (Lipinski definition) is 0. The van der Waals surface area contributed by atoms with E-state index in [-0.39, 0.29) is 8.84 Å². The zero-order chi connectivity index (χ0) is 12.9. The van der Waals surface area contributed by atoms with Crippen molar-refractivity contribution in [1.82, 2.24) is 0 Å². The Morgan fingerprint density at radius 1 is 1.11 bits per heavy atom. The van der Waals surface area contributed by atoms with E-state index >= 15 is 0 Å². The third-order valence-corrected chi connectivity index (χ3v) is 7.16. The first-order valence-corrected chi connectivity index (χ1v) is 8.08. The highest BCUT2D eigenvalue weighted by molar-refractivity contribution is 14.1. The predicted molar refractivity (Wildman–Crippen MR) is 85.9 cm³/mol. The number of alkyl halides is 1. The lowest BCUT2D eigenvalue weighted by atomic mass is 9.67. The van der Waals surface area contributed by atoms with Gasteiger partial charge in [-0.1, -0.05) is 71.2 Å². The first-order chi connectivity index (χ1) is 9.28. The molecule has 1 fully saturated rings. The summed E-state index contributed by atoms with van der Waals surface area (Å²) in [5, 5.41) is 0. The van der Waals surface area contributed by atoms with Crippen LogP contribution < -0.4 is 0 Å². The average molecular weight is 364 g/mol. The van der Waals surface area contributed by atoms with Gasteiger partial charge in [-0.05, 0) is 24.0 Å². The Morgan fingerprint density at radius 2 is 1.89 bits per heavy atom. The highest BCUT2D eigenvalue weighted by Gasteiger charge is 2.59. The average Bonchev–Trinajstić information content (AvgIpc) is 2.68. The van der Waals surface area contributed by atoms with E-state index in [1.165, 1.54) is 5.56 Å². The van der Waals surface area contributed by atoms with Crippen LogP contribution in [0.2, 0.25) is 0 Å². The van der Waals surface area contributed by atoms with E-state index in [4.69, 9.17) is 4.74 Å². The lowest BCUT2D eigenvalue weighted by Gasteiger charge is -2.46. The topological polar surface area (TPSA) is 9.23 Å². The molecule has 2 unspecified atom stereocenters. The fraction of sp³-hybridized carbons (Fsp3) is 0.412. The molecule has 98 valence electrons. The molecule has 0 radical (unpaired) electrons. The molecular weight excluding hydrogens is 347 g/mol. The van der Waals surface area contributed by atoms with Gasteiger partial charge in [-0.25, -0.2) is 0 Å². The standard InChI is InChI=1S/C17H17IO/c18-17-8-4-3-7-15(17)13-5-1-2-6-14(13)16(17)9-11-19-12-10-16/h1-8,15H,9-12H2. The van der Waals surface area contributed by atoms with Crippen LogP contribution in [0.3, 0.4) is 0 Å². The number of fused-ring (bicyclic) bond motifs is 5. The second-order valence-electron chi connectivity index (χ2n) is 5.77. The van der Waals surface area contributed by atoms with E-state index in [9.17, 15) is 0 Å². The summed E-state index contributed by atoms with van der Waals surface area (Å²) in [6, 6.07) is 9.05. The SMILES string of the molecule is IC12C=CC=CC1c1ccccc1C21CCOCC1. The van der Waals surface area contributed by atoms with Gasteiger partial charge in [-0.15, -0.1) is 0 Å². The maximum absolute atomic E-state index is 5.65. The minimum Gasteiger partial charge on any atom is -0.381 e. The van der Waals surface area contributed by atoms with Gasteiger partial charge < -0.3 is 4.74 Å². The van der Waals surface area contributed by atoms with Crippen molar-refractivity contribution < 1.29 is 4.74 Å². The van der Waals surface area contributed by atoms with E-state index in [0.717, 1.165) is 26.1 Å². The summed E-state index contributed by atoms with van der Waals surface area (Å²) in [5.41, 5.74) is 3.35. The molecule has 0 aromatic heterocycles. The maximum Gasteiger partial charge on any atom is 0.0605 e. The fourth-order valence-corrected chi connectivity index (χ4v) is 5.77. The van der Waals surface area contributed by atoms with Crippen LogP contribution in [0.5, 0.6) is 0 Å². The minimum atomic E-state index is 0.187. The summed E-state index contributed by atoms with van der Waals surface area (Å²) >= 11 is 2.72. The van der Waals surface area contributed by atoms with Gasteiger partial charge in [0.2, 0.25) is 0 Å². The fourth-order valence-electron chi connectivity index (χ4n) is 4.18. The molecule has 3 aliphatic rings. The molecule has 2 atom stereocenters. The molecule has 0 saturated carbocycles. The van der Waals surface area contributed by atoms with Crippen molar-refractivity contribution in [3.63, 3.8) is 0 Å². The molecule has 0 bridgehead atoms. The monoisotopic (exact) mass is 364 g/mol. The second-order valence-corrected chi connectivity index (χ2v) is 7.56. The quantitative estimate of drug-likeness (QED) is 0.497. The van der Waals surface area contributed by atoms with Crippen molar-refractivity contribution in [2.45, 2.75) is 27.6 Å². The van der Waals surface area contributed by atoms with Gasteiger partial charge >= 0.3 is 0 Å². The van der Waals surface area contributed by atoms with Crippen molar-refractivity contribution in [3.05, 3.63) is 59.7 Å². The van der Waals surface area contributed by atoms with Crippen molar-refractivity contribution in [3.8, 4) is 0 Å². The Morgan fingerprint density at radius 3 is 2.74 bits per heavy atom. The molecule has 1 saturated heterocycles. The summed E-state index contributed by atoms with van der Waals surface area (Å²) in [5.74, 6) is 0.521. The van der Waals surface area contributed by atoms with E-state index < -0.39 is 0 Å². The first kappa shape index (κ1) is 12.2. The van der Waals surface area contributed by atoms with Crippen molar-refractivity contribution in [2.75, 3.05) is 13.2 Å². The molecule has 1 heterocycles. The van der Waals surface area contributed by atoms with E-state index in [1.807, 2.05) is 0 Å². The Bertz CT molecular complexity index is 568. The second kappa shape index (κ2) is 4.19. The van der Waals surface area contributed by atoms with Gasteiger partial charge in [0.05, 0.1) is 3.42 Å². The van der Waals surface area contributed by atoms with Crippen LogP contribution in [0, 0.1) is 0 Å². The van der Waals surface area contributed by atoms with Crippen molar-refractivity contribution >= 4 is 22.6 Å². The third-order valence-electron chi connectivity index (χ3n) is 5.10. The molecule has 2 aliphatic carbocycles. The van der Waals surface area contributed by atoms with Crippen LogP contribution in [-0.2, 0) is 10.2 Å². The zero-order valence-corrected chi connectivity index (χ0v) is 13.0. The van der Waals surface area contributed by atoms with Gasteiger partial charge in [0.15, 0.2) is 0 Å². The van der Waals surface area contributed by atoms with Crippen LogP contribution in [0.1, 0.15) is 29.9 Å². The van der Waals surface area contributed by atoms with Crippen molar-refractivity contribution in [2.24, 2.45) is 0 Å². The van der Waals surface area contributed by atoms with Crippen LogP contribution in [0.25, 0.3) is 0 Å². The van der Waals surface area contributed by atoms with Crippen LogP contribution >= 0.6 is 22.6 Å². The summed E-state index contributed by atoms with van der Waals surface area (Å²) in [6.45, 7) is 1.78. The van der Waals surface area contributed by atoms with Crippen LogP contribution in [0.4, 0.5) is 0 Å². The molecule has 0 amide bonds. The van der Waals surface area contributed by atoms with Gasteiger partial charge in [-0.2, -0.15) is 0 Å². The summed E-state index contributed by atoms with van der Waals surface area (Å²) < 4.78 is 5.84. The largest absolute Gasteiger partial charge is 0.381 e. The lowest BCUT2D eigenvalue weighted by molar-refractivity contribution is 0.0457. The number of halogens is 1. The Kier molecular flexibility index (Phi) is 2.68. The molecule has 1 aromatic carbocycles. The number of hydrogen-bond acceptors (Lipinski definition) is 1. The van der Waals surface area contributed by atoms with Crippen molar-refractivity contribution in [1.29, 1.82) is 0 Å². The Hall–Kier alpha value is -0.610. The normalized spacial score (nSPS) is 34.3. The number of benzene rings is 1. The summed E-state index contributed by atoms with van der Waals surface area (Å²) in [6.07, 6.45) is 11.5. The van der Waals surface area contributed by atoms with Gasteiger partial charge in [0.1, 0.15) is 0 Å². The van der Waals surface area contributed by atoms with Gasteiger partial charge in [0.25, 0.3) is 0 Å². The number of ether oxygens (including phenoxy) is 1. The van der Waals surface area contributed by atoms with E-state index in [1.54, 1.807) is 5.56 Å². The lowest BCUT2D eigenvalue weighted by Crippen LogP contribution is -2.48. The molecule has 2 heteroatoms. The maximum atomic E-state index is 5.65. The molecule has 1 spiro atoms. The molecule has 0 N–H and O–H groups in total. The molecular formula is C17H17IO. The number of allylic oxidation sites excluding steroid dienone is 4. The highest BCUT2D eigenvalue weighted by Crippen LogP contribution is 2.63. The Labute approximate surface area is 127 Å². The molecule has 1 aliphatic heterocycles. The highest BCUT2D eigenvalue weighted by atomic mass is 127. The van der Waals surface area contributed by atoms with E-state index in [0.29, 0.717) is 5.92 Å². The predicted octanol–water partition coefficient (Wildman–Crippen LogP) is 4.13. The third kappa shape index (κ3) is 1.44. The van der Waals surface area contributed by atoms with Crippen LogP contribution in [-0.4, -0.2) is 16.6 Å². The zero-order valence-electron chi connectivity index (χ0n) is 10.8. The Balaban J connectivity index is 1.98. The van der Waals surface area contributed by atoms with E-state index in [2.05, 4.69) is 71.2 Å². The smallest absolute Gasteiger partial charge is 0.0605 e.